The van der Waals surface area contributed by atoms with Crippen LogP contribution in [-0.4, -0.2) is 14.1 Å². The first-order valence-electron chi connectivity index (χ1n) is 13.2. The molecule has 4 heteroatoms. The minimum Gasteiger partial charge on any atom is -0.455 e. The second-order valence-corrected chi connectivity index (χ2v) is 10.0. The summed E-state index contributed by atoms with van der Waals surface area (Å²) in [4.78, 5) is 5.09. The van der Waals surface area contributed by atoms with Gasteiger partial charge in [0.25, 0.3) is 0 Å². The Hall–Kier alpha value is -5.35. The Kier molecular flexibility index (Phi) is 4.02. The first-order chi connectivity index (χ1) is 19.4. The van der Waals surface area contributed by atoms with Gasteiger partial charge in [0, 0.05) is 44.5 Å². The summed E-state index contributed by atoms with van der Waals surface area (Å²) in [6, 6.07) is 42.5. The minimum atomic E-state index is 0.879. The lowest BCUT2D eigenvalue weighted by Crippen LogP contribution is -1.96. The number of fused-ring (bicyclic) bond motifs is 11. The van der Waals surface area contributed by atoms with Gasteiger partial charge in [-0.05, 0) is 48.5 Å². The number of aromatic nitrogens is 3. The van der Waals surface area contributed by atoms with E-state index in [9.17, 15) is 0 Å². The molecular formula is C35H21N3O. The van der Waals surface area contributed by atoms with Crippen molar-refractivity contribution >= 4 is 65.7 Å². The lowest BCUT2D eigenvalue weighted by Gasteiger charge is -2.09. The van der Waals surface area contributed by atoms with Gasteiger partial charge in [-0.1, -0.05) is 72.8 Å². The molecule has 0 fully saturated rings. The highest BCUT2D eigenvalue weighted by molar-refractivity contribution is 6.30. The molecule has 0 radical (unpaired) electrons. The zero-order valence-electron chi connectivity index (χ0n) is 20.9. The Morgan fingerprint density at radius 3 is 1.95 bits per heavy atom. The number of benzene rings is 5. The molecule has 182 valence electrons. The summed E-state index contributed by atoms with van der Waals surface area (Å²) < 4.78 is 11.2. The number of pyridine rings is 1. The quantitative estimate of drug-likeness (QED) is 0.238. The third-order valence-corrected chi connectivity index (χ3v) is 7.95. The Morgan fingerprint density at radius 1 is 0.487 bits per heavy atom. The number of hydrogen-bond donors (Lipinski definition) is 0. The fourth-order valence-electron chi connectivity index (χ4n) is 6.35. The highest BCUT2D eigenvalue weighted by Crippen LogP contribution is 2.44. The van der Waals surface area contributed by atoms with Crippen molar-refractivity contribution in [2.24, 2.45) is 0 Å². The van der Waals surface area contributed by atoms with Crippen LogP contribution in [-0.2, 0) is 0 Å². The van der Waals surface area contributed by atoms with E-state index in [4.69, 9.17) is 9.40 Å². The van der Waals surface area contributed by atoms with Crippen LogP contribution in [0.5, 0.6) is 0 Å². The van der Waals surface area contributed by atoms with Gasteiger partial charge >= 0.3 is 0 Å². The van der Waals surface area contributed by atoms with Gasteiger partial charge in [-0.2, -0.15) is 0 Å². The van der Waals surface area contributed by atoms with Crippen LogP contribution in [0.2, 0.25) is 0 Å². The van der Waals surface area contributed by atoms with E-state index in [0.717, 1.165) is 60.8 Å². The lowest BCUT2D eigenvalue weighted by molar-refractivity contribution is 0.672. The average molecular weight is 500 g/mol. The maximum atomic E-state index is 6.54. The molecule has 39 heavy (non-hydrogen) atoms. The second-order valence-electron chi connectivity index (χ2n) is 10.0. The van der Waals surface area contributed by atoms with E-state index >= 15 is 0 Å². The van der Waals surface area contributed by atoms with Crippen molar-refractivity contribution in [3.63, 3.8) is 0 Å². The molecule has 0 N–H and O–H groups in total. The third kappa shape index (κ3) is 2.70. The van der Waals surface area contributed by atoms with Crippen molar-refractivity contribution in [2.45, 2.75) is 0 Å². The average Bonchev–Trinajstić information content (AvgIpc) is 3.65. The fraction of sp³-hybridized carbons (Fsp3) is 0. The van der Waals surface area contributed by atoms with Crippen molar-refractivity contribution in [3.05, 3.63) is 128 Å². The molecule has 4 aromatic heterocycles. The molecule has 0 unspecified atom stereocenters. The highest BCUT2D eigenvalue weighted by Gasteiger charge is 2.24. The van der Waals surface area contributed by atoms with Gasteiger partial charge in [0.15, 0.2) is 0 Å². The Morgan fingerprint density at radius 2 is 1.15 bits per heavy atom. The molecule has 0 aliphatic carbocycles. The van der Waals surface area contributed by atoms with Crippen LogP contribution in [0, 0.1) is 0 Å². The summed E-state index contributed by atoms with van der Waals surface area (Å²) in [5.41, 5.74) is 8.35. The van der Waals surface area contributed by atoms with E-state index in [1.807, 2.05) is 18.3 Å². The molecule has 4 heterocycles. The molecule has 5 aromatic carbocycles. The summed E-state index contributed by atoms with van der Waals surface area (Å²) in [5.74, 6) is 0. The first-order valence-corrected chi connectivity index (χ1v) is 13.2. The zero-order chi connectivity index (χ0) is 25.5. The molecule has 4 nitrogen and oxygen atoms in total. The zero-order valence-corrected chi connectivity index (χ0v) is 20.9. The molecule has 0 aliphatic heterocycles. The van der Waals surface area contributed by atoms with Crippen molar-refractivity contribution in [2.75, 3.05) is 0 Å². The maximum Gasteiger partial charge on any atom is 0.149 e. The minimum absolute atomic E-state index is 0.879. The highest BCUT2D eigenvalue weighted by atomic mass is 16.3. The van der Waals surface area contributed by atoms with Crippen LogP contribution in [0.25, 0.3) is 77.1 Å². The van der Waals surface area contributed by atoms with Crippen molar-refractivity contribution in [1.29, 1.82) is 0 Å². The van der Waals surface area contributed by atoms with Crippen LogP contribution in [0.15, 0.2) is 132 Å². The number of furan rings is 1. The summed E-state index contributed by atoms with van der Waals surface area (Å²) in [7, 11) is 0. The number of para-hydroxylation sites is 4. The van der Waals surface area contributed by atoms with Crippen molar-refractivity contribution in [1.82, 2.24) is 14.1 Å². The second kappa shape index (κ2) is 7.59. The fourth-order valence-corrected chi connectivity index (χ4v) is 6.35. The summed E-state index contributed by atoms with van der Waals surface area (Å²) >= 11 is 0. The number of nitrogens with zero attached hydrogens (tertiary/aromatic N) is 3. The monoisotopic (exact) mass is 499 g/mol. The number of rotatable bonds is 2. The largest absolute Gasteiger partial charge is 0.455 e. The van der Waals surface area contributed by atoms with Gasteiger partial charge in [0.2, 0.25) is 0 Å². The summed E-state index contributed by atoms with van der Waals surface area (Å²) in [6.07, 6.45) is 1.96. The molecule has 0 bridgehead atoms. The molecule has 0 saturated carbocycles. The van der Waals surface area contributed by atoms with Gasteiger partial charge in [0.1, 0.15) is 16.8 Å². The maximum absolute atomic E-state index is 6.54. The van der Waals surface area contributed by atoms with Crippen molar-refractivity contribution in [3.8, 4) is 11.4 Å². The van der Waals surface area contributed by atoms with Crippen LogP contribution in [0.4, 0.5) is 0 Å². The van der Waals surface area contributed by atoms with Gasteiger partial charge in [-0.15, -0.1) is 0 Å². The predicted molar refractivity (Wildman–Crippen MR) is 160 cm³/mol. The Bertz CT molecular complexity index is 2370. The van der Waals surface area contributed by atoms with E-state index in [2.05, 4.69) is 118 Å². The summed E-state index contributed by atoms with van der Waals surface area (Å²) in [6.45, 7) is 0. The van der Waals surface area contributed by atoms with Gasteiger partial charge in [-0.25, -0.2) is 4.98 Å². The standard InChI is InChI=1S/C35H21N3O/c1-3-11-22(12-4-1)37-28-17-9-7-16-25(28)31-29(37)20-19-26-32-34-27(24-15-8-10-18-30(24)39-34)21-36-35(32)38(33(26)31)23-13-5-2-6-14-23/h1-21H. The van der Waals surface area contributed by atoms with E-state index in [0.29, 0.717) is 0 Å². The van der Waals surface area contributed by atoms with E-state index in [1.165, 1.54) is 16.3 Å². The Labute approximate surface area is 222 Å². The topological polar surface area (TPSA) is 35.9 Å². The lowest BCUT2D eigenvalue weighted by atomic mass is 10.1. The molecule has 0 saturated heterocycles. The van der Waals surface area contributed by atoms with Crippen LogP contribution >= 0.6 is 0 Å². The van der Waals surface area contributed by atoms with E-state index in [-0.39, 0.29) is 0 Å². The van der Waals surface area contributed by atoms with Crippen LogP contribution in [0.3, 0.4) is 0 Å². The van der Waals surface area contributed by atoms with Crippen LogP contribution in [0.1, 0.15) is 0 Å². The molecule has 9 rings (SSSR count). The van der Waals surface area contributed by atoms with Gasteiger partial charge < -0.3 is 8.98 Å². The molecule has 0 aliphatic rings. The molecule has 9 aromatic rings. The smallest absolute Gasteiger partial charge is 0.149 e. The molecule has 0 atom stereocenters. The summed E-state index contributed by atoms with van der Waals surface area (Å²) in [5, 5.41) is 6.72. The molecule has 0 amide bonds. The number of hydrogen-bond acceptors (Lipinski definition) is 2. The predicted octanol–water partition coefficient (Wildman–Crippen LogP) is 9.18. The third-order valence-electron chi connectivity index (χ3n) is 7.95. The first kappa shape index (κ1) is 20.7. The molecular weight excluding hydrogens is 478 g/mol. The Balaban J connectivity index is 1.57. The van der Waals surface area contributed by atoms with Crippen LogP contribution < -0.4 is 0 Å². The van der Waals surface area contributed by atoms with Gasteiger partial charge in [0.05, 0.1) is 21.9 Å². The molecule has 0 spiro atoms. The van der Waals surface area contributed by atoms with Gasteiger partial charge in [-0.3, -0.25) is 4.57 Å². The SMILES string of the molecule is c1ccc(-n2c3ccccc3c3c2ccc2c4c5oc6ccccc6c5cnc4n(-c4ccccc4)c23)cc1. The van der Waals surface area contributed by atoms with Crippen molar-refractivity contribution < 1.29 is 4.42 Å². The normalized spacial score (nSPS) is 12.1. The van der Waals surface area contributed by atoms with E-state index < -0.39 is 0 Å². The van der Waals surface area contributed by atoms with E-state index in [1.54, 1.807) is 0 Å².